The summed E-state index contributed by atoms with van der Waals surface area (Å²) in [5, 5.41) is 4.86. The van der Waals surface area contributed by atoms with Gasteiger partial charge in [0.25, 0.3) is 0 Å². The third-order valence-corrected chi connectivity index (χ3v) is 7.96. The second-order valence-corrected chi connectivity index (χ2v) is 10.3. The van der Waals surface area contributed by atoms with Crippen LogP contribution >= 0.6 is 11.3 Å². The second-order valence-electron chi connectivity index (χ2n) is 9.06. The molecule has 1 N–H and O–H groups in total. The van der Waals surface area contributed by atoms with Crippen LogP contribution in [0.1, 0.15) is 55.9 Å². The SMILES string of the molecule is Cc1cc2c(s1)Nc1ccccc1N=C2N1CCN(C2(C)CCCCCC2)CC1. The summed E-state index contributed by atoms with van der Waals surface area (Å²) in [6.07, 6.45) is 8.34. The summed E-state index contributed by atoms with van der Waals surface area (Å²) in [6, 6.07) is 10.7. The molecular weight excluding hydrogens is 376 g/mol. The van der Waals surface area contributed by atoms with Crippen LogP contribution in [0.2, 0.25) is 0 Å². The van der Waals surface area contributed by atoms with Crippen molar-refractivity contribution in [1.82, 2.24) is 9.80 Å². The molecule has 5 rings (SSSR count). The Morgan fingerprint density at radius 1 is 1.00 bits per heavy atom. The van der Waals surface area contributed by atoms with Crippen LogP contribution in [0.5, 0.6) is 0 Å². The van der Waals surface area contributed by atoms with Crippen LogP contribution in [0.3, 0.4) is 0 Å². The fourth-order valence-electron chi connectivity index (χ4n) is 5.25. The van der Waals surface area contributed by atoms with Gasteiger partial charge in [-0.25, -0.2) is 4.99 Å². The van der Waals surface area contributed by atoms with E-state index in [9.17, 15) is 0 Å². The molecule has 0 radical (unpaired) electrons. The minimum absolute atomic E-state index is 0.395. The number of piperazine rings is 1. The van der Waals surface area contributed by atoms with Crippen molar-refractivity contribution in [2.24, 2.45) is 4.99 Å². The number of aliphatic imine (C=N–C) groups is 1. The quantitative estimate of drug-likeness (QED) is 0.594. The normalized spacial score (nSPS) is 22.0. The lowest BCUT2D eigenvalue weighted by molar-refractivity contribution is 0.0516. The van der Waals surface area contributed by atoms with E-state index in [0.717, 1.165) is 43.4 Å². The number of aryl methyl sites for hydroxylation is 1. The van der Waals surface area contributed by atoms with Gasteiger partial charge in [0.1, 0.15) is 10.8 Å². The number of anilines is 2. The molecule has 4 nitrogen and oxygen atoms in total. The summed E-state index contributed by atoms with van der Waals surface area (Å²) in [5.74, 6) is 1.15. The average molecular weight is 409 g/mol. The molecule has 2 aromatic rings. The van der Waals surface area contributed by atoms with Gasteiger partial charge in [-0.05, 0) is 44.9 Å². The summed E-state index contributed by atoms with van der Waals surface area (Å²) in [6.45, 7) is 9.11. The maximum Gasteiger partial charge on any atom is 0.139 e. The molecule has 5 heteroatoms. The number of nitrogens with zero attached hydrogens (tertiary/aromatic N) is 3. The number of hydrogen-bond acceptors (Lipinski definition) is 5. The molecule has 0 spiro atoms. The predicted octanol–water partition coefficient (Wildman–Crippen LogP) is 5.92. The Bertz CT molecular complexity index is 899. The molecule has 2 fully saturated rings. The first kappa shape index (κ1) is 19.1. The third kappa shape index (κ3) is 3.71. The maximum absolute atomic E-state index is 5.16. The fourth-order valence-corrected chi connectivity index (χ4v) is 6.17. The summed E-state index contributed by atoms with van der Waals surface area (Å²) >= 11 is 1.83. The predicted molar refractivity (Wildman–Crippen MR) is 124 cm³/mol. The van der Waals surface area contributed by atoms with Crippen LogP contribution in [0.15, 0.2) is 35.3 Å². The molecule has 1 aromatic carbocycles. The minimum Gasteiger partial charge on any atom is -0.353 e. The highest BCUT2D eigenvalue weighted by molar-refractivity contribution is 7.16. The Morgan fingerprint density at radius 3 is 2.48 bits per heavy atom. The number of nitrogens with one attached hydrogen (secondary N) is 1. The van der Waals surface area contributed by atoms with Crippen molar-refractivity contribution in [3.8, 4) is 0 Å². The summed E-state index contributed by atoms with van der Waals surface area (Å²) < 4.78 is 0. The molecule has 0 unspecified atom stereocenters. The molecule has 0 bridgehead atoms. The Balaban J connectivity index is 1.40. The van der Waals surface area contributed by atoms with Gasteiger partial charge in [0.05, 0.1) is 16.9 Å². The van der Waals surface area contributed by atoms with Gasteiger partial charge < -0.3 is 10.2 Å². The van der Waals surface area contributed by atoms with E-state index in [0.29, 0.717) is 5.54 Å². The van der Waals surface area contributed by atoms with E-state index in [1.807, 2.05) is 11.3 Å². The maximum atomic E-state index is 5.16. The summed E-state index contributed by atoms with van der Waals surface area (Å²) in [5.41, 5.74) is 3.81. The van der Waals surface area contributed by atoms with Crippen molar-refractivity contribution in [3.05, 3.63) is 40.8 Å². The molecular formula is C24H32N4S. The van der Waals surface area contributed by atoms with Gasteiger partial charge in [0.2, 0.25) is 0 Å². The molecule has 2 aliphatic heterocycles. The molecule has 0 atom stereocenters. The molecule has 1 aliphatic carbocycles. The van der Waals surface area contributed by atoms with E-state index >= 15 is 0 Å². The monoisotopic (exact) mass is 408 g/mol. The lowest BCUT2D eigenvalue weighted by Crippen LogP contribution is -2.56. The summed E-state index contributed by atoms with van der Waals surface area (Å²) in [7, 11) is 0. The Labute approximate surface area is 178 Å². The van der Waals surface area contributed by atoms with Crippen LogP contribution in [0.4, 0.5) is 16.4 Å². The molecule has 29 heavy (non-hydrogen) atoms. The Kier molecular flexibility index (Phi) is 5.12. The third-order valence-electron chi connectivity index (χ3n) is 7.00. The topological polar surface area (TPSA) is 30.9 Å². The zero-order valence-electron chi connectivity index (χ0n) is 17.7. The number of fused-ring (bicyclic) bond motifs is 2. The van der Waals surface area contributed by atoms with Crippen molar-refractivity contribution in [2.45, 2.75) is 57.9 Å². The van der Waals surface area contributed by atoms with Crippen molar-refractivity contribution in [1.29, 1.82) is 0 Å². The van der Waals surface area contributed by atoms with Gasteiger partial charge in [0.15, 0.2) is 0 Å². The van der Waals surface area contributed by atoms with E-state index < -0.39 is 0 Å². The second kappa shape index (κ2) is 7.77. The number of para-hydroxylation sites is 2. The van der Waals surface area contributed by atoms with Crippen molar-refractivity contribution < 1.29 is 0 Å². The van der Waals surface area contributed by atoms with Crippen LogP contribution in [0, 0.1) is 6.92 Å². The lowest BCUT2D eigenvalue weighted by Gasteiger charge is -2.46. The van der Waals surface area contributed by atoms with E-state index in [1.165, 1.54) is 54.0 Å². The van der Waals surface area contributed by atoms with Crippen molar-refractivity contribution >= 4 is 33.5 Å². The number of hydrogen-bond donors (Lipinski definition) is 1. The van der Waals surface area contributed by atoms with Crippen LogP contribution in [0.25, 0.3) is 0 Å². The fraction of sp³-hybridized carbons (Fsp3) is 0.542. The van der Waals surface area contributed by atoms with Crippen LogP contribution in [-0.2, 0) is 0 Å². The van der Waals surface area contributed by atoms with Gasteiger partial charge in [-0.15, -0.1) is 11.3 Å². The summed E-state index contributed by atoms with van der Waals surface area (Å²) in [4.78, 5) is 11.8. The zero-order valence-corrected chi connectivity index (χ0v) is 18.5. The highest BCUT2D eigenvalue weighted by Crippen LogP contribution is 2.39. The highest BCUT2D eigenvalue weighted by atomic mass is 32.1. The zero-order chi connectivity index (χ0) is 19.8. The molecule has 3 heterocycles. The first-order chi connectivity index (χ1) is 14.1. The standard InChI is InChI=1S/C24H32N4S/c1-18-17-19-22(25-20-9-5-6-10-21(20)26-23(19)29-18)27-13-15-28(16-14-27)24(2)11-7-3-4-8-12-24/h5-6,9-10,17,26H,3-4,7-8,11-16H2,1-2H3. The van der Waals surface area contributed by atoms with Crippen LogP contribution in [-0.4, -0.2) is 47.4 Å². The smallest absolute Gasteiger partial charge is 0.139 e. The van der Waals surface area contributed by atoms with Crippen molar-refractivity contribution in [2.75, 3.05) is 31.5 Å². The van der Waals surface area contributed by atoms with Gasteiger partial charge in [0, 0.05) is 36.6 Å². The average Bonchev–Trinajstić information content (AvgIpc) is 2.89. The Hall–Kier alpha value is -1.85. The first-order valence-corrected chi connectivity index (χ1v) is 12.0. The molecule has 0 amide bonds. The number of benzene rings is 1. The van der Waals surface area contributed by atoms with E-state index in [2.05, 4.69) is 59.3 Å². The number of rotatable bonds is 1. The molecule has 3 aliphatic rings. The molecule has 1 saturated carbocycles. The highest BCUT2D eigenvalue weighted by Gasteiger charge is 2.35. The minimum atomic E-state index is 0.395. The van der Waals surface area contributed by atoms with E-state index in [4.69, 9.17) is 4.99 Å². The van der Waals surface area contributed by atoms with E-state index in [1.54, 1.807) is 0 Å². The lowest BCUT2D eigenvalue weighted by atomic mass is 9.89. The van der Waals surface area contributed by atoms with Crippen LogP contribution < -0.4 is 5.32 Å². The van der Waals surface area contributed by atoms with Gasteiger partial charge in [-0.2, -0.15) is 0 Å². The van der Waals surface area contributed by atoms with Gasteiger partial charge in [-0.1, -0.05) is 37.8 Å². The van der Waals surface area contributed by atoms with Gasteiger partial charge in [-0.3, -0.25) is 4.90 Å². The first-order valence-electron chi connectivity index (χ1n) is 11.2. The largest absolute Gasteiger partial charge is 0.353 e. The van der Waals surface area contributed by atoms with E-state index in [-0.39, 0.29) is 0 Å². The number of thiophene rings is 1. The molecule has 154 valence electrons. The number of amidine groups is 1. The van der Waals surface area contributed by atoms with Crippen molar-refractivity contribution in [3.63, 3.8) is 0 Å². The molecule has 1 saturated heterocycles. The van der Waals surface area contributed by atoms with Gasteiger partial charge >= 0.3 is 0 Å². The Morgan fingerprint density at radius 2 is 1.72 bits per heavy atom. The molecule has 1 aromatic heterocycles.